The lowest BCUT2D eigenvalue weighted by molar-refractivity contribution is -0.126. The van der Waals surface area contributed by atoms with Gasteiger partial charge in [-0.15, -0.1) is 0 Å². The maximum Gasteiger partial charge on any atom is 0.243 e. The number of amides is 1. The van der Waals surface area contributed by atoms with Crippen molar-refractivity contribution in [2.75, 3.05) is 13.1 Å². The lowest BCUT2D eigenvalue weighted by atomic mass is 9.97. The highest BCUT2D eigenvalue weighted by Crippen LogP contribution is 2.23. The zero-order chi connectivity index (χ0) is 17.7. The molecule has 2 aromatic rings. The quantitative estimate of drug-likeness (QED) is 0.883. The van der Waals surface area contributed by atoms with Crippen molar-refractivity contribution in [1.29, 1.82) is 0 Å². The SMILES string of the molecule is O=C(NCc1cccnc1)C1CCN(S(=O)(=O)c2ccccc2)CC1. The summed E-state index contributed by atoms with van der Waals surface area (Å²) >= 11 is 0. The van der Waals surface area contributed by atoms with E-state index in [1.807, 2.05) is 12.1 Å². The van der Waals surface area contributed by atoms with Gasteiger partial charge in [0.2, 0.25) is 15.9 Å². The van der Waals surface area contributed by atoms with E-state index in [2.05, 4.69) is 10.3 Å². The first-order valence-electron chi connectivity index (χ1n) is 8.29. The number of nitrogens with one attached hydrogen (secondary N) is 1. The highest BCUT2D eigenvalue weighted by Gasteiger charge is 2.31. The maximum absolute atomic E-state index is 12.6. The van der Waals surface area contributed by atoms with E-state index in [9.17, 15) is 13.2 Å². The average molecular weight is 359 g/mol. The van der Waals surface area contributed by atoms with Gasteiger partial charge >= 0.3 is 0 Å². The summed E-state index contributed by atoms with van der Waals surface area (Å²) in [6.07, 6.45) is 4.47. The van der Waals surface area contributed by atoms with Crippen LogP contribution in [0, 0.1) is 5.92 Å². The minimum Gasteiger partial charge on any atom is -0.352 e. The van der Waals surface area contributed by atoms with E-state index in [1.165, 1.54) is 4.31 Å². The van der Waals surface area contributed by atoms with Crippen LogP contribution in [0.5, 0.6) is 0 Å². The van der Waals surface area contributed by atoms with Gasteiger partial charge in [-0.3, -0.25) is 9.78 Å². The second-order valence-corrected chi connectivity index (χ2v) is 8.01. The van der Waals surface area contributed by atoms with E-state index in [0.29, 0.717) is 37.4 Å². The van der Waals surface area contributed by atoms with Crippen molar-refractivity contribution in [2.24, 2.45) is 5.92 Å². The van der Waals surface area contributed by atoms with Crippen LogP contribution in [-0.2, 0) is 21.4 Å². The molecule has 1 aromatic heterocycles. The Morgan fingerprint density at radius 2 is 1.84 bits per heavy atom. The minimum absolute atomic E-state index is 0.0272. The standard InChI is InChI=1S/C18H21N3O3S/c22-18(20-14-15-5-4-10-19-13-15)16-8-11-21(12-9-16)25(23,24)17-6-2-1-3-7-17/h1-7,10,13,16H,8-9,11-12,14H2,(H,20,22). The summed E-state index contributed by atoms with van der Waals surface area (Å²) in [6.45, 7) is 1.17. The summed E-state index contributed by atoms with van der Waals surface area (Å²) in [5, 5.41) is 2.91. The monoisotopic (exact) mass is 359 g/mol. The first-order chi connectivity index (χ1) is 12.1. The van der Waals surface area contributed by atoms with Crippen molar-refractivity contribution in [3.8, 4) is 0 Å². The Bertz CT molecular complexity index is 802. The van der Waals surface area contributed by atoms with Crippen molar-refractivity contribution in [2.45, 2.75) is 24.3 Å². The van der Waals surface area contributed by atoms with Crippen LogP contribution in [0.15, 0.2) is 59.8 Å². The van der Waals surface area contributed by atoms with Crippen LogP contribution in [-0.4, -0.2) is 36.7 Å². The number of carbonyl (C=O) groups is 1. The molecule has 0 spiro atoms. The van der Waals surface area contributed by atoms with Crippen LogP contribution in [0.1, 0.15) is 18.4 Å². The van der Waals surface area contributed by atoms with Crippen LogP contribution in [0.4, 0.5) is 0 Å². The molecule has 0 radical (unpaired) electrons. The number of rotatable bonds is 5. The second kappa shape index (κ2) is 7.76. The highest BCUT2D eigenvalue weighted by molar-refractivity contribution is 7.89. The summed E-state index contributed by atoms with van der Waals surface area (Å²) in [5.41, 5.74) is 0.944. The van der Waals surface area contributed by atoms with Crippen LogP contribution in [0.25, 0.3) is 0 Å². The number of benzene rings is 1. The molecule has 0 unspecified atom stereocenters. The van der Waals surface area contributed by atoms with Gasteiger partial charge in [0, 0.05) is 37.9 Å². The number of hydrogen-bond acceptors (Lipinski definition) is 4. The van der Waals surface area contributed by atoms with E-state index in [1.54, 1.807) is 42.7 Å². The van der Waals surface area contributed by atoms with Crippen LogP contribution < -0.4 is 5.32 Å². The highest BCUT2D eigenvalue weighted by atomic mass is 32.2. The smallest absolute Gasteiger partial charge is 0.243 e. The molecular weight excluding hydrogens is 338 g/mol. The predicted octanol–water partition coefficient (Wildman–Crippen LogP) is 1.80. The molecule has 2 heterocycles. The number of piperidine rings is 1. The van der Waals surface area contributed by atoms with E-state index < -0.39 is 10.0 Å². The molecule has 1 N–H and O–H groups in total. The Balaban J connectivity index is 1.54. The molecule has 1 amide bonds. The lowest BCUT2D eigenvalue weighted by Crippen LogP contribution is -2.42. The van der Waals surface area contributed by atoms with Crippen LogP contribution in [0.2, 0.25) is 0 Å². The third-order valence-corrected chi connectivity index (χ3v) is 6.31. The van der Waals surface area contributed by atoms with Gasteiger partial charge in [-0.2, -0.15) is 4.31 Å². The largest absolute Gasteiger partial charge is 0.352 e. The molecule has 0 bridgehead atoms. The number of hydrogen-bond donors (Lipinski definition) is 1. The van der Waals surface area contributed by atoms with Crippen LogP contribution in [0.3, 0.4) is 0 Å². The van der Waals surface area contributed by atoms with E-state index in [-0.39, 0.29) is 11.8 Å². The number of pyridine rings is 1. The molecule has 0 aliphatic carbocycles. The Morgan fingerprint density at radius 3 is 2.48 bits per heavy atom. The first-order valence-corrected chi connectivity index (χ1v) is 9.73. The molecule has 6 nitrogen and oxygen atoms in total. The second-order valence-electron chi connectivity index (χ2n) is 6.07. The Hall–Kier alpha value is -2.25. The zero-order valence-corrected chi connectivity index (χ0v) is 14.7. The predicted molar refractivity (Wildman–Crippen MR) is 94.0 cm³/mol. The number of carbonyl (C=O) groups excluding carboxylic acids is 1. The van der Waals surface area contributed by atoms with Gasteiger partial charge in [0.15, 0.2) is 0 Å². The molecule has 3 rings (SSSR count). The van der Waals surface area contributed by atoms with Crippen molar-refractivity contribution in [3.05, 3.63) is 60.4 Å². The fourth-order valence-electron chi connectivity index (χ4n) is 2.94. The maximum atomic E-state index is 12.6. The lowest BCUT2D eigenvalue weighted by Gasteiger charge is -2.30. The van der Waals surface area contributed by atoms with Crippen LogP contribution >= 0.6 is 0 Å². The molecule has 1 aliphatic rings. The van der Waals surface area contributed by atoms with Gasteiger partial charge in [0.05, 0.1) is 4.90 Å². The fraction of sp³-hybridized carbons (Fsp3) is 0.333. The average Bonchev–Trinajstić information content (AvgIpc) is 2.68. The van der Waals surface area contributed by atoms with Crippen molar-refractivity contribution in [3.63, 3.8) is 0 Å². The zero-order valence-electron chi connectivity index (χ0n) is 13.8. The first kappa shape index (κ1) is 17.6. The van der Waals surface area contributed by atoms with Crippen molar-refractivity contribution in [1.82, 2.24) is 14.6 Å². The summed E-state index contributed by atoms with van der Waals surface area (Å²) in [5.74, 6) is -0.181. The summed E-state index contributed by atoms with van der Waals surface area (Å²) in [6, 6.07) is 12.1. The molecule has 7 heteroatoms. The molecule has 1 aliphatic heterocycles. The Morgan fingerprint density at radius 1 is 1.12 bits per heavy atom. The number of sulfonamides is 1. The summed E-state index contributed by atoms with van der Waals surface area (Å²) in [4.78, 5) is 16.6. The third-order valence-electron chi connectivity index (χ3n) is 4.40. The summed E-state index contributed by atoms with van der Waals surface area (Å²) < 4.78 is 26.7. The molecule has 1 aromatic carbocycles. The normalized spacial score (nSPS) is 16.5. The molecule has 1 saturated heterocycles. The molecule has 25 heavy (non-hydrogen) atoms. The number of nitrogens with zero attached hydrogens (tertiary/aromatic N) is 2. The summed E-state index contributed by atoms with van der Waals surface area (Å²) in [7, 11) is -3.47. The molecule has 132 valence electrons. The number of aromatic nitrogens is 1. The van der Waals surface area contributed by atoms with E-state index >= 15 is 0 Å². The molecule has 1 fully saturated rings. The Labute approximate surface area is 147 Å². The Kier molecular flexibility index (Phi) is 5.45. The van der Waals surface area contributed by atoms with Gasteiger partial charge in [-0.25, -0.2) is 8.42 Å². The van der Waals surface area contributed by atoms with Gasteiger partial charge in [-0.1, -0.05) is 24.3 Å². The van der Waals surface area contributed by atoms with Crippen molar-refractivity contribution >= 4 is 15.9 Å². The van der Waals surface area contributed by atoms with Gasteiger partial charge < -0.3 is 5.32 Å². The van der Waals surface area contributed by atoms with E-state index in [0.717, 1.165) is 5.56 Å². The minimum atomic E-state index is -3.47. The van der Waals surface area contributed by atoms with Gasteiger partial charge in [-0.05, 0) is 36.6 Å². The molecule has 0 atom stereocenters. The molecule has 0 saturated carbocycles. The fourth-order valence-corrected chi connectivity index (χ4v) is 4.43. The molecular formula is C18H21N3O3S. The van der Waals surface area contributed by atoms with Crippen molar-refractivity contribution < 1.29 is 13.2 Å². The third kappa shape index (κ3) is 4.24. The van der Waals surface area contributed by atoms with Gasteiger partial charge in [0.25, 0.3) is 0 Å². The topological polar surface area (TPSA) is 79.4 Å². The van der Waals surface area contributed by atoms with E-state index in [4.69, 9.17) is 0 Å². The van der Waals surface area contributed by atoms with Gasteiger partial charge in [0.1, 0.15) is 0 Å².